The lowest BCUT2D eigenvalue weighted by molar-refractivity contribution is -0.129. The highest BCUT2D eigenvalue weighted by molar-refractivity contribution is 6.06. The summed E-state index contributed by atoms with van der Waals surface area (Å²) in [5, 5.41) is 1.61. The van der Waals surface area contributed by atoms with Gasteiger partial charge in [0.1, 0.15) is 11.4 Å². The van der Waals surface area contributed by atoms with Crippen molar-refractivity contribution >= 4 is 22.6 Å². The van der Waals surface area contributed by atoms with E-state index in [-0.39, 0.29) is 0 Å². The van der Waals surface area contributed by atoms with Gasteiger partial charge in [-0.2, -0.15) is 0 Å². The molecule has 1 unspecified atom stereocenters. The Morgan fingerprint density at radius 1 is 1.29 bits per heavy atom. The second-order valence-corrected chi connectivity index (χ2v) is 6.13. The van der Waals surface area contributed by atoms with Gasteiger partial charge in [0.15, 0.2) is 0 Å². The average Bonchev–Trinajstić information content (AvgIpc) is 3.30. The molecular formula is C18H19NO5. The molecule has 0 aromatic heterocycles. The molecule has 0 bridgehead atoms. The fourth-order valence-corrected chi connectivity index (χ4v) is 2.72. The maximum Gasteiger partial charge on any atom is 0.339 e. The van der Waals surface area contributed by atoms with Crippen LogP contribution in [0.3, 0.4) is 0 Å². The molecule has 1 amide bonds. The zero-order valence-corrected chi connectivity index (χ0v) is 13.8. The van der Waals surface area contributed by atoms with E-state index in [2.05, 4.69) is 0 Å². The van der Waals surface area contributed by atoms with Crippen LogP contribution in [0.2, 0.25) is 0 Å². The van der Waals surface area contributed by atoms with E-state index in [1.165, 1.54) is 7.11 Å². The van der Waals surface area contributed by atoms with Gasteiger partial charge >= 0.3 is 5.97 Å². The molecule has 0 radical (unpaired) electrons. The van der Waals surface area contributed by atoms with Crippen molar-refractivity contribution in [1.82, 2.24) is 0 Å². The molecule has 24 heavy (non-hydrogen) atoms. The molecule has 2 aromatic rings. The first-order valence-electron chi connectivity index (χ1n) is 7.57. The lowest BCUT2D eigenvalue weighted by Gasteiger charge is -2.19. The first-order chi connectivity index (χ1) is 11.4. The zero-order valence-electron chi connectivity index (χ0n) is 13.8. The third kappa shape index (κ3) is 2.80. The van der Waals surface area contributed by atoms with Crippen LogP contribution in [0.1, 0.15) is 22.8 Å². The van der Waals surface area contributed by atoms with Crippen molar-refractivity contribution in [1.29, 1.82) is 0 Å². The van der Waals surface area contributed by atoms with E-state index in [1.807, 2.05) is 31.2 Å². The van der Waals surface area contributed by atoms with Gasteiger partial charge in [-0.05, 0) is 42.3 Å². The van der Waals surface area contributed by atoms with Crippen LogP contribution in [0.25, 0.3) is 10.8 Å². The van der Waals surface area contributed by atoms with E-state index in [0.717, 1.165) is 16.3 Å². The van der Waals surface area contributed by atoms with Crippen molar-refractivity contribution in [3.8, 4) is 5.75 Å². The molecule has 1 saturated heterocycles. The summed E-state index contributed by atoms with van der Waals surface area (Å²) in [6.07, 6.45) is -1.13. The van der Waals surface area contributed by atoms with Crippen LogP contribution >= 0.6 is 0 Å². The number of nitrogens with two attached hydrogens (primary N) is 1. The molecule has 1 heterocycles. The molecule has 2 aromatic carbocycles. The number of primary amides is 1. The number of carbonyl (C=O) groups is 2. The van der Waals surface area contributed by atoms with Gasteiger partial charge in [0.05, 0.1) is 19.3 Å². The number of amides is 1. The summed E-state index contributed by atoms with van der Waals surface area (Å²) in [7, 11) is 1.53. The van der Waals surface area contributed by atoms with Gasteiger partial charge < -0.3 is 19.9 Å². The van der Waals surface area contributed by atoms with E-state index in [1.54, 1.807) is 13.0 Å². The quantitative estimate of drug-likeness (QED) is 0.669. The van der Waals surface area contributed by atoms with E-state index < -0.39 is 23.6 Å². The Hall–Kier alpha value is -2.60. The van der Waals surface area contributed by atoms with Crippen molar-refractivity contribution in [3.05, 3.63) is 41.5 Å². The summed E-state index contributed by atoms with van der Waals surface area (Å²) < 4.78 is 15.9. The largest absolute Gasteiger partial charge is 0.497 e. The molecule has 1 aliphatic heterocycles. The van der Waals surface area contributed by atoms with Crippen LogP contribution in [0.5, 0.6) is 5.75 Å². The summed E-state index contributed by atoms with van der Waals surface area (Å²) >= 11 is 0. The van der Waals surface area contributed by atoms with E-state index in [4.69, 9.17) is 19.9 Å². The second kappa shape index (κ2) is 5.79. The summed E-state index contributed by atoms with van der Waals surface area (Å²) in [5.74, 6) is -0.829. The van der Waals surface area contributed by atoms with Gasteiger partial charge in [0.2, 0.25) is 6.10 Å². The Kier molecular flexibility index (Phi) is 3.93. The lowest BCUT2D eigenvalue weighted by atomic mass is 10.00. The number of esters is 1. The van der Waals surface area contributed by atoms with Crippen LogP contribution in [-0.4, -0.2) is 37.3 Å². The second-order valence-electron chi connectivity index (χ2n) is 6.13. The lowest BCUT2D eigenvalue weighted by Crippen LogP contribution is -2.43. The highest BCUT2D eigenvalue weighted by Gasteiger charge is 2.52. The number of hydrogen-bond donors (Lipinski definition) is 1. The van der Waals surface area contributed by atoms with Gasteiger partial charge in [0.25, 0.3) is 5.91 Å². The topological polar surface area (TPSA) is 91.2 Å². The van der Waals surface area contributed by atoms with Crippen LogP contribution in [0, 0.1) is 6.92 Å². The number of fused-ring (bicyclic) bond motifs is 1. The molecule has 0 aliphatic carbocycles. The van der Waals surface area contributed by atoms with E-state index in [0.29, 0.717) is 17.9 Å². The molecule has 2 atom stereocenters. The Bertz CT molecular complexity index is 826. The number of methoxy groups -OCH3 is 1. The smallest absolute Gasteiger partial charge is 0.339 e. The Morgan fingerprint density at radius 3 is 2.58 bits per heavy atom. The number of hydrogen-bond acceptors (Lipinski definition) is 5. The fraction of sp³-hybridized carbons (Fsp3) is 0.333. The third-order valence-electron chi connectivity index (χ3n) is 4.28. The molecule has 0 spiro atoms. The van der Waals surface area contributed by atoms with Crippen LogP contribution in [0.15, 0.2) is 30.3 Å². The molecule has 6 nitrogen and oxygen atoms in total. The molecule has 1 fully saturated rings. The van der Waals surface area contributed by atoms with Gasteiger partial charge in [-0.3, -0.25) is 4.79 Å². The monoisotopic (exact) mass is 329 g/mol. The Balaban J connectivity index is 2.03. The molecule has 126 valence electrons. The van der Waals surface area contributed by atoms with Crippen molar-refractivity contribution in [2.75, 3.05) is 13.7 Å². The average molecular weight is 329 g/mol. The number of aryl methyl sites for hydroxylation is 1. The van der Waals surface area contributed by atoms with Crippen molar-refractivity contribution in [2.45, 2.75) is 25.6 Å². The minimum atomic E-state index is -1.13. The SMILES string of the molecule is COc1cc(C(=O)O[C@H](C(N)=O)C2(C)CO2)c2cccc(C)c2c1. The summed E-state index contributed by atoms with van der Waals surface area (Å²) in [4.78, 5) is 24.3. The van der Waals surface area contributed by atoms with Crippen LogP contribution < -0.4 is 10.5 Å². The van der Waals surface area contributed by atoms with Crippen LogP contribution in [-0.2, 0) is 14.3 Å². The predicted octanol–water partition coefficient (Wildman–Crippen LogP) is 1.96. The van der Waals surface area contributed by atoms with Crippen molar-refractivity contribution < 1.29 is 23.8 Å². The van der Waals surface area contributed by atoms with Gasteiger partial charge in [-0.25, -0.2) is 4.79 Å². The predicted molar refractivity (Wildman–Crippen MR) is 88.0 cm³/mol. The normalized spacial score (nSPS) is 20.5. The third-order valence-corrected chi connectivity index (χ3v) is 4.28. The van der Waals surface area contributed by atoms with Crippen molar-refractivity contribution in [3.63, 3.8) is 0 Å². The molecule has 6 heteroatoms. The van der Waals surface area contributed by atoms with Gasteiger partial charge in [0, 0.05) is 0 Å². The van der Waals surface area contributed by atoms with Crippen LogP contribution in [0.4, 0.5) is 0 Å². The van der Waals surface area contributed by atoms with E-state index in [9.17, 15) is 9.59 Å². The minimum absolute atomic E-state index is 0.323. The Morgan fingerprint density at radius 2 is 2.00 bits per heavy atom. The molecule has 1 aliphatic rings. The minimum Gasteiger partial charge on any atom is -0.497 e. The van der Waals surface area contributed by atoms with Crippen molar-refractivity contribution in [2.24, 2.45) is 5.73 Å². The Labute approximate surface area is 139 Å². The number of benzene rings is 2. The maximum absolute atomic E-state index is 12.7. The van der Waals surface area contributed by atoms with Gasteiger partial charge in [-0.15, -0.1) is 0 Å². The van der Waals surface area contributed by atoms with Gasteiger partial charge in [-0.1, -0.05) is 18.2 Å². The molecular weight excluding hydrogens is 310 g/mol. The number of epoxide rings is 1. The molecule has 2 N–H and O–H groups in total. The maximum atomic E-state index is 12.7. The zero-order chi connectivity index (χ0) is 17.5. The van der Waals surface area contributed by atoms with E-state index >= 15 is 0 Å². The first kappa shape index (κ1) is 16.3. The first-order valence-corrected chi connectivity index (χ1v) is 7.57. The standard InChI is InChI=1S/C18H19NO5/c1-10-5-4-6-12-13(10)7-11(22-3)8-14(12)17(21)24-15(16(19)20)18(2)9-23-18/h4-8,15H,9H2,1-3H3,(H2,19,20)/t15-,18?/m1/s1. The number of rotatable bonds is 5. The summed E-state index contributed by atoms with van der Waals surface area (Å²) in [6.45, 7) is 3.96. The molecule has 0 saturated carbocycles. The number of ether oxygens (including phenoxy) is 3. The summed E-state index contributed by atoms with van der Waals surface area (Å²) in [5.41, 5.74) is 5.85. The fourth-order valence-electron chi connectivity index (χ4n) is 2.72. The highest BCUT2D eigenvalue weighted by atomic mass is 16.6. The molecule has 3 rings (SSSR count). The highest BCUT2D eigenvalue weighted by Crippen LogP contribution is 2.34. The number of carbonyl (C=O) groups excluding carboxylic acids is 2. The summed E-state index contributed by atoms with van der Waals surface area (Å²) in [6, 6.07) is 9.09.